The summed E-state index contributed by atoms with van der Waals surface area (Å²) in [6.07, 6.45) is 6.74. The molecule has 0 radical (unpaired) electrons. The lowest BCUT2D eigenvalue weighted by Gasteiger charge is -2.33. The van der Waals surface area contributed by atoms with Crippen LogP contribution < -0.4 is 10.5 Å². The van der Waals surface area contributed by atoms with Gasteiger partial charge in [0, 0.05) is 40.7 Å². The fourth-order valence-corrected chi connectivity index (χ4v) is 3.66. The highest BCUT2D eigenvalue weighted by atomic mass is 16.5. The highest BCUT2D eigenvalue weighted by Gasteiger charge is 2.47. The molecular formula is C24H21N5O2. The van der Waals surface area contributed by atoms with Crippen molar-refractivity contribution >= 4 is 6.02 Å². The minimum absolute atomic E-state index is 0.124. The lowest BCUT2D eigenvalue weighted by Crippen LogP contribution is -2.31. The first-order valence-electron chi connectivity index (χ1n) is 9.95. The number of ether oxygens (including phenoxy) is 2. The van der Waals surface area contributed by atoms with Gasteiger partial charge in [0.05, 0.1) is 17.5 Å². The predicted octanol–water partition coefficient (Wildman–Crippen LogP) is 3.63. The molecule has 7 nitrogen and oxygen atoms in total. The molecule has 154 valence electrons. The van der Waals surface area contributed by atoms with Crippen molar-refractivity contribution in [3.05, 3.63) is 65.7 Å². The van der Waals surface area contributed by atoms with E-state index in [1.54, 1.807) is 24.8 Å². The molecule has 0 saturated carbocycles. The summed E-state index contributed by atoms with van der Waals surface area (Å²) in [5, 5.41) is 0. The average Bonchev–Trinajstić information content (AvgIpc) is 3.15. The van der Waals surface area contributed by atoms with Gasteiger partial charge in [0.1, 0.15) is 12.4 Å². The number of hydrogen-bond acceptors (Lipinski definition) is 7. The van der Waals surface area contributed by atoms with Crippen molar-refractivity contribution in [1.82, 2.24) is 15.0 Å². The number of aliphatic imine (C=N–C) groups is 1. The van der Waals surface area contributed by atoms with Crippen LogP contribution in [0.1, 0.15) is 37.5 Å². The van der Waals surface area contributed by atoms with Gasteiger partial charge in [-0.15, -0.1) is 0 Å². The SMILES string of the molecule is CC(C)(C)C#Cc1cnc2c(c1)C1(COC(N)=N1)c1cc(-c3cnccn3)ccc1O2. The fourth-order valence-electron chi connectivity index (χ4n) is 3.66. The van der Waals surface area contributed by atoms with E-state index in [4.69, 9.17) is 20.2 Å². The van der Waals surface area contributed by atoms with E-state index in [2.05, 4.69) is 47.6 Å². The number of aromatic nitrogens is 3. The van der Waals surface area contributed by atoms with Crippen LogP contribution in [0.5, 0.6) is 11.6 Å². The van der Waals surface area contributed by atoms with Gasteiger partial charge in [-0.3, -0.25) is 9.97 Å². The zero-order chi connectivity index (χ0) is 21.6. The molecule has 1 unspecified atom stereocenters. The number of hydrogen-bond donors (Lipinski definition) is 1. The van der Waals surface area contributed by atoms with E-state index >= 15 is 0 Å². The van der Waals surface area contributed by atoms with E-state index < -0.39 is 5.54 Å². The van der Waals surface area contributed by atoms with Crippen LogP contribution >= 0.6 is 0 Å². The Labute approximate surface area is 180 Å². The van der Waals surface area contributed by atoms with E-state index in [-0.39, 0.29) is 18.0 Å². The summed E-state index contributed by atoms with van der Waals surface area (Å²) >= 11 is 0. The van der Waals surface area contributed by atoms with Crippen LogP contribution in [0.25, 0.3) is 11.3 Å². The Morgan fingerprint density at radius 2 is 1.94 bits per heavy atom. The van der Waals surface area contributed by atoms with E-state index in [9.17, 15) is 0 Å². The molecule has 0 saturated heterocycles. The molecule has 7 heteroatoms. The number of fused-ring (bicyclic) bond motifs is 4. The number of amidine groups is 1. The van der Waals surface area contributed by atoms with Crippen molar-refractivity contribution in [1.29, 1.82) is 0 Å². The van der Waals surface area contributed by atoms with Crippen molar-refractivity contribution < 1.29 is 9.47 Å². The molecule has 3 aromatic rings. The average molecular weight is 411 g/mol. The smallest absolute Gasteiger partial charge is 0.283 e. The van der Waals surface area contributed by atoms with Crippen LogP contribution in [0.3, 0.4) is 0 Å². The number of rotatable bonds is 1. The fraction of sp³-hybridized carbons (Fsp3) is 0.250. The third-order valence-corrected chi connectivity index (χ3v) is 5.10. The minimum atomic E-state index is -0.863. The summed E-state index contributed by atoms with van der Waals surface area (Å²) in [6, 6.07) is 7.93. The van der Waals surface area contributed by atoms with Crippen LogP contribution in [0.4, 0.5) is 0 Å². The number of benzene rings is 1. The lowest BCUT2D eigenvalue weighted by molar-refractivity contribution is 0.262. The maximum Gasteiger partial charge on any atom is 0.283 e. The summed E-state index contributed by atoms with van der Waals surface area (Å²) in [6.45, 7) is 6.45. The Morgan fingerprint density at radius 1 is 1.06 bits per heavy atom. The van der Waals surface area contributed by atoms with Crippen LogP contribution in [0, 0.1) is 17.3 Å². The van der Waals surface area contributed by atoms with Gasteiger partial charge in [0.25, 0.3) is 6.02 Å². The first-order chi connectivity index (χ1) is 14.8. The van der Waals surface area contributed by atoms with Crippen molar-refractivity contribution in [2.75, 3.05) is 6.61 Å². The second-order valence-corrected chi connectivity index (χ2v) is 8.58. The van der Waals surface area contributed by atoms with Gasteiger partial charge < -0.3 is 15.2 Å². The van der Waals surface area contributed by atoms with Gasteiger partial charge in [0.2, 0.25) is 5.88 Å². The molecule has 4 heterocycles. The molecule has 0 aliphatic carbocycles. The quantitative estimate of drug-likeness (QED) is 0.615. The van der Waals surface area contributed by atoms with E-state index in [1.807, 2.05) is 24.3 Å². The molecule has 2 N–H and O–H groups in total. The maximum absolute atomic E-state index is 6.13. The van der Waals surface area contributed by atoms with Gasteiger partial charge >= 0.3 is 0 Å². The highest BCUT2D eigenvalue weighted by Crippen LogP contribution is 2.50. The van der Waals surface area contributed by atoms with Crippen LogP contribution in [-0.2, 0) is 10.3 Å². The van der Waals surface area contributed by atoms with Gasteiger partial charge in [-0.1, -0.05) is 11.8 Å². The van der Waals surface area contributed by atoms with Gasteiger partial charge in [-0.25, -0.2) is 9.98 Å². The van der Waals surface area contributed by atoms with E-state index in [1.165, 1.54) is 0 Å². The highest BCUT2D eigenvalue weighted by molar-refractivity contribution is 5.77. The topological polar surface area (TPSA) is 95.5 Å². The first kappa shape index (κ1) is 19.1. The van der Waals surface area contributed by atoms with Gasteiger partial charge in [-0.2, -0.15) is 0 Å². The third kappa shape index (κ3) is 3.36. The molecule has 5 rings (SSSR count). The summed E-state index contributed by atoms with van der Waals surface area (Å²) in [5.41, 5.74) is 9.04. The standard InChI is InChI=1S/C24H21N5O2/c1-23(2,3)7-6-15-10-18-21(28-12-15)31-20-5-4-16(19-13-26-8-9-27-19)11-17(20)24(18)14-30-22(25)29-24/h4-5,8-13H,14H2,1-3H3,(H2,25,29). The first-order valence-corrected chi connectivity index (χ1v) is 9.95. The van der Waals surface area contributed by atoms with Crippen LogP contribution in [-0.4, -0.2) is 27.6 Å². The molecule has 1 atom stereocenters. The number of nitrogens with zero attached hydrogens (tertiary/aromatic N) is 4. The van der Waals surface area contributed by atoms with Crippen LogP contribution in [0.2, 0.25) is 0 Å². The van der Waals surface area contributed by atoms with Crippen molar-refractivity contribution in [3.8, 4) is 34.7 Å². The maximum atomic E-state index is 6.13. The van der Waals surface area contributed by atoms with Crippen LogP contribution in [0.15, 0.2) is 54.0 Å². The molecule has 31 heavy (non-hydrogen) atoms. The van der Waals surface area contributed by atoms with Crippen molar-refractivity contribution in [3.63, 3.8) is 0 Å². The molecule has 1 aromatic carbocycles. The predicted molar refractivity (Wildman–Crippen MR) is 116 cm³/mol. The summed E-state index contributed by atoms with van der Waals surface area (Å²) in [4.78, 5) is 17.8. The minimum Gasteiger partial charge on any atom is -0.462 e. The monoisotopic (exact) mass is 411 g/mol. The molecule has 1 spiro atoms. The van der Waals surface area contributed by atoms with Gasteiger partial charge in [-0.05, 0) is 45.0 Å². The number of pyridine rings is 1. The second-order valence-electron chi connectivity index (χ2n) is 8.58. The Balaban J connectivity index is 1.69. The largest absolute Gasteiger partial charge is 0.462 e. The third-order valence-electron chi connectivity index (χ3n) is 5.10. The zero-order valence-electron chi connectivity index (χ0n) is 17.5. The van der Waals surface area contributed by atoms with Gasteiger partial charge in [0.15, 0.2) is 5.54 Å². The molecule has 0 fully saturated rings. The Hall–Kier alpha value is -3.92. The summed E-state index contributed by atoms with van der Waals surface area (Å²) in [7, 11) is 0. The summed E-state index contributed by atoms with van der Waals surface area (Å²) in [5.74, 6) is 7.58. The Bertz CT molecular complexity index is 1270. The molecule has 2 aliphatic heterocycles. The molecule has 0 amide bonds. The van der Waals surface area contributed by atoms with E-state index in [0.717, 1.165) is 27.9 Å². The molecular weight excluding hydrogens is 390 g/mol. The van der Waals surface area contributed by atoms with E-state index in [0.29, 0.717) is 11.6 Å². The van der Waals surface area contributed by atoms with Crippen molar-refractivity contribution in [2.45, 2.75) is 26.3 Å². The lowest BCUT2D eigenvalue weighted by atomic mass is 9.81. The molecule has 2 aromatic heterocycles. The Kier molecular flexibility index (Phi) is 4.19. The molecule has 2 aliphatic rings. The zero-order valence-corrected chi connectivity index (χ0v) is 17.5. The normalized spacial score (nSPS) is 18.7. The second kappa shape index (κ2) is 6.81. The molecule has 0 bridgehead atoms. The number of nitrogens with two attached hydrogens (primary N) is 1. The summed E-state index contributed by atoms with van der Waals surface area (Å²) < 4.78 is 11.8. The van der Waals surface area contributed by atoms with Crippen molar-refractivity contribution in [2.24, 2.45) is 16.1 Å². The Morgan fingerprint density at radius 3 is 2.65 bits per heavy atom.